The zero-order valence-electron chi connectivity index (χ0n) is 13.3. The largest absolute Gasteiger partial charge is 0.288 e. The van der Waals surface area contributed by atoms with Crippen molar-refractivity contribution < 1.29 is 0 Å². The first-order chi connectivity index (χ1) is 11.7. The number of benzene rings is 1. The Balaban J connectivity index is 1.41. The van der Waals surface area contributed by atoms with Crippen LogP contribution in [-0.2, 0) is 6.42 Å². The molecule has 1 heterocycles. The molecule has 2 aliphatic carbocycles. The van der Waals surface area contributed by atoms with E-state index in [0.29, 0.717) is 6.04 Å². The summed E-state index contributed by atoms with van der Waals surface area (Å²) in [5.74, 6) is 0. The van der Waals surface area contributed by atoms with Gasteiger partial charge in [-0.05, 0) is 59.0 Å². The molecule has 2 nitrogen and oxygen atoms in total. The van der Waals surface area contributed by atoms with Gasteiger partial charge in [-0.2, -0.15) is 0 Å². The highest BCUT2D eigenvalue weighted by Gasteiger charge is 2.35. The molecule has 0 bridgehead atoms. The van der Waals surface area contributed by atoms with Gasteiger partial charge in [-0.3, -0.25) is 11.1 Å². The average Bonchev–Trinajstić information content (AvgIpc) is 3.35. The van der Waals surface area contributed by atoms with Crippen molar-refractivity contribution in [2.24, 2.45) is 5.73 Å². The summed E-state index contributed by atoms with van der Waals surface area (Å²) in [5.41, 5.74) is 8.98. The van der Waals surface area contributed by atoms with Gasteiger partial charge in [-0.25, -0.2) is 0 Å². The molecule has 1 saturated carbocycles. The summed E-state index contributed by atoms with van der Waals surface area (Å²) in [4.78, 5) is 2.45. The summed E-state index contributed by atoms with van der Waals surface area (Å²) < 4.78 is 2.68. The second kappa shape index (κ2) is 7.46. The van der Waals surface area contributed by atoms with Gasteiger partial charge in [-0.1, -0.05) is 68.4 Å². The van der Waals surface area contributed by atoms with Crippen LogP contribution in [0.3, 0.4) is 0 Å². The molecule has 3 N–H and O–H groups in total. The van der Waals surface area contributed by atoms with E-state index in [2.05, 4.69) is 41.7 Å². The Labute approximate surface area is 162 Å². The maximum Gasteiger partial charge on any atom is 0.0894 e. The Morgan fingerprint density at radius 1 is 1.29 bits per heavy atom. The van der Waals surface area contributed by atoms with E-state index in [1.165, 1.54) is 16.9 Å². The number of allylic oxidation sites excluding steroid dienone is 4. The Morgan fingerprint density at radius 3 is 3.00 bits per heavy atom. The first-order valence-electron chi connectivity index (χ1n) is 8.28. The fourth-order valence-corrected chi connectivity index (χ4v) is 6.96. The van der Waals surface area contributed by atoms with Gasteiger partial charge in [0.2, 0.25) is 0 Å². The van der Waals surface area contributed by atoms with E-state index in [9.17, 15) is 0 Å². The summed E-state index contributed by atoms with van der Waals surface area (Å²) in [5, 5.41) is 4.25. The quantitative estimate of drug-likeness (QED) is 0.578. The molecule has 0 spiro atoms. The molecule has 3 aliphatic rings. The van der Waals surface area contributed by atoms with Gasteiger partial charge in [0.1, 0.15) is 0 Å². The normalized spacial score (nSPS) is 22.5. The first kappa shape index (κ1) is 17.0. The lowest BCUT2D eigenvalue weighted by molar-refractivity contribution is 0.929. The van der Waals surface area contributed by atoms with Crippen LogP contribution in [0.4, 0.5) is 0 Å². The maximum atomic E-state index is 6.52. The van der Waals surface area contributed by atoms with Gasteiger partial charge in [0, 0.05) is 15.8 Å². The van der Waals surface area contributed by atoms with Crippen LogP contribution in [0.25, 0.3) is 0 Å². The monoisotopic (exact) mass is 470 g/mol. The molecule has 1 fully saturated rings. The van der Waals surface area contributed by atoms with Crippen molar-refractivity contribution in [2.75, 3.05) is 0 Å². The molecule has 1 aromatic carbocycles. The van der Waals surface area contributed by atoms with Gasteiger partial charge in [0.05, 0.1) is 8.78 Å². The van der Waals surface area contributed by atoms with E-state index < -0.39 is 0 Å². The summed E-state index contributed by atoms with van der Waals surface area (Å²) in [7, 11) is 0. The minimum atomic E-state index is -0.127. The van der Waals surface area contributed by atoms with Crippen LogP contribution >= 0.6 is 44.1 Å². The number of thioether (sulfide) groups is 1. The minimum absolute atomic E-state index is 0.127. The van der Waals surface area contributed by atoms with Crippen molar-refractivity contribution >= 4 is 47.9 Å². The lowest BCUT2D eigenvalue weighted by atomic mass is 10.1. The number of fused-ring (bicyclic) bond motifs is 1. The number of hydrogen-bond acceptors (Lipinski definition) is 3. The molecule has 0 radical (unpaired) electrons. The predicted octanol–water partition coefficient (Wildman–Crippen LogP) is 5.25. The second-order valence-corrected chi connectivity index (χ2v) is 10.8. The van der Waals surface area contributed by atoms with Gasteiger partial charge in [-0.15, -0.1) is 0 Å². The van der Waals surface area contributed by atoms with Gasteiger partial charge >= 0.3 is 0 Å². The van der Waals surface area contributed by atoms with Crippen molar-refractivity contribution in [1.29, 1.82) is 0 Å². The molecule has 0 saturated heterocycles. The Kier molecular flexibility index (Phi) is 5.29. The highest BCUT2D eigenvalue weighted by Crippen LogP contribution is 2.43. The standard InChI is InChI=1S/C19H20ClIN2S/c20-15-10-12(6-8-16-14-11-17(14)23-19(22)21-16)7-9-18(15)24-13-4-2-1-3-5-13/h2,4-5,7,9-10,17,23H,1,3,6,8,11,22H2. The van der Waals surface area contributed by atoms with E-state index in [4.69, 9.17) is 17.3 Å². The number of halogens is 2. The summed E-state index contributed by atoms with van der Waals surface area (Å²) in [6, 6.07) is 7.09. The number of rotatable bonds is 5. The lowest BCUT2D eigenvalue weighted by Gasteiger charge is -2.12. The minimum Gasteiger partial charge on any atom is -0.288 e. The smallest absolute Gasteiger partial charge is 0.0894 e. The van der Waals surface area contributed by atoms with Crippen LogP contribution < -0.4 is 11.1 Å². The third kappa shape index (κ3) is 4.05. The van der Waals surface area contributed by atoms with E-state index in [1.54, 1.807) is 20.9 Å². The number of aryl methyl sites for hydroxylation is 1. The van der Waals surface area contributed by atoms with Crippen molar-refractivity contribution in [3.05, 3.63) is 61.1 Å². The first-order valence-corrected chi connectivity index (χ1v) is 11.6. The van der Waals surface area contributed by atoms with Crippen LogP contribution in [0.15, 0.2) is 55.4 Å². The van der Waals surface area contributed by atoms with Crippen molar-refractivity contribution in [3.8, 4) is 0 Å². The Morgan fingerprint density at radius 2 is 2.21 bits per heavy atom. The van der Waals surface area contributed by atoms with Gasteiger partial charge < -0.3 is 0 Å². The topological polar surface area (TPSA) is 38.0 Å². The van der Waals surface area contributed by atoms with E-state index >= 15 is 0 Å². The van der Waals surface area contributed by atoms with Crippen molar-refractivity contribution in [1.82, 2.24) is 5.32 Å². The van der Waals surface area contributed by atoms with E-state index in [-0.39, 0.29) is 20.7 Å². The average molecular weight is 471 g/mol. The second-order valence-electron chi connectivity index (χ2n) is 6.23. The molecular weight excluding hydrogens is 451 g/mol. The summed E-state index contributed by atoms with van der Waals surface area (Å²) >= 11 is 8.16. The molecule has 1 atom stereocenters. The Hall–Kier alpha value is -0.400. The molecule has 1 unspecified atom stereocenters. The number of nitrogens with two attached hydrogens (primary N) is 1. The number of hydrogen-bond donors (Lipinski definition) is 2. The third-order valence-electron chi connectivity index (χ3n) is 4.38. The molecule has 0 amide bonds. The molecule has 1 aliphatic heterocycles. The molecule has 0 aromatic heterocycles. The maximum absolute atomic E-state index is 6.52. The fraction of sp³-hybridized carbons (Fsp3) is 0.316. The SMILES string of the molecule is NC1=IC(CCc2ccc(SC3=CCCC=C3)c(Cl)c2)=C2CC2N1. The zero-order chi connectivity index (χ0) is 16.5. The number of nitrogens with one attached hydrogen (secondary N) is 1. The van der Waals surface area contributed by atoms with Gasteiger partial charge in [0.25, 0.3) is 0 Å². The molecule has 5 heteroatoms. The Bertz CT molecular complexity index is 795. The van der Waals surface area contributed by atoms with Crippen molar-refractivity contribution in [3.63, 3.8) is 0 Å². The fourth-order valence-electron chi connectivity index (χ4n) is 3.01. The van der Waals surface area contributed by atoms with Crippen LogP contribution in [0.1, 0.15) is 31.2 Å². The van der Waals surface area contributed by atoms with Crippen molar-refractivity contribution in [2.45, 2.75) is 43.0 Å². The summed E-state index contributed by atoms with van der Waals surface area (Å²) in [6.45, 7) is 0. The third-order valence-corrected chi connectivity index (χ3v) is 8.69. The molecule has 126 valence electrons. The molecule has 4 rings (SSSR count). The van der Waals surface area contributed by atoms with Gasteiger partial charge in [0.15, 0.2) is 0 Å². The molecule has 24 heavy (non-hydrogen) atoms. The molecule has 1 aromatic rings. The van der Waals surface area contributed by atoms with Crippen LogP contribution in [-0.4, -0.2) is 9.80 Å². The van der Waals surface area contributed by atoms with Crippen LogP contribution in [0.5, 0.6) is 0 Å². The zero-order valence-corrected chi connectivity index (χ0v) is 17.0. The van der Waals surface area contributed by atoms with Crippen LogP contribution in [0, 0.1) is 0 Å². The van der Waals surface area contributed by atoms with Crippen LogP contribution in [0.2, 0.25) is 5.02 Å². The molecular formula is C19H20ClIN2S. The lowest BCUT2D eigenvalue weighted by Crippen LogP contribution is -2.32. The van der Waals surface area contributed by atoms with E-state index in [1.807, 2.05) is 0 Å². The highest BCUT2D eigenvalue weighted by molar-refractivity contribution is 14.2. The summed E-state index contributed by atoms with van der Waals surface area (Å²) in [6.07, 6.45) is 12.4. The van der Waals surface area contributed by atoms with E-state index in [0.717, 1.165) is 39.4 Å². The highest BCUT2D eigenvalue weighted by atomic mass is 127. The predicted molar refractivity (Wildman–Crippen MR) is 114 cm³/mol.